The number of benzene rings is 2. The van der Waals surface area contributed by atoms with Crippen LogP contribution in [0.25, 0.3) is 0 Å². The fourth-order valence-corrected chi connectivity index (χ4v) is 3.28. The average Bonchev–Trinajstić information content (AvgIpc) is 3.10. The van der Waals surface area contributed by atoms with Gasteiger partial charge in [0.15, 0.2) is 16.8 Å². The maximum atomic E-state index is 12.2. The van der Waals surface area contributed by atoms with E-state index >= 15 is 0 Å². The van der Waals surface area contributed by atoms with Gasteiger partial charge in [0.1, 0.15) is 18.1 Å². The summed E-state index contributed by atoms with van der Waals surface area (Å²) in [7, 11) is 3.42. The molecule has 0 saturated carbocycles. The second-order valence-corrected chi connectivity index (χ2v) is 7.34. The number of carbonyl (C=O) groups is 2. The van der Waals surface area contributed by atoms with E-state index in [1.54, 1.807) is 42.0 Å². The Morgan fingerprint density at radius 2 is 1.83 bits per heavy atom. The van der Waals surface area contributed by atoms with Crippen LogP contribution in [0.3, 0.4) is 0 Å². The van der Waals surface area contributed by atoms with E-state index in [9.17, 15) is 9.59 Å². The lowest BCUT2D eigenvalue weighted by Crippen LogP contribution is -2.14. The van der Waals surface area contributed by atoms with Gasteiger partial charge in [-0.2, -0.15) is 0 Å². The van der Waals surface area contributed by atoms with Crippen LogP contribution in [0.2, 0.25) is 0 Å². The van der Waals surface area contributed by atoms with Crippen molar-refractivity contribution in [3.05, 3.63) is 59.9 Å². The second kappa shape index (κ2) is 9.93. The molecule has 1 N–H and O–H groups in total. The Morgan fingerprint density at radius 3 is 2.53 bits per heavy atom. The number of methoxy groups -OCH3 is 1. The molecule has 30 heavy (non-hydrogen) atoms. The Labute approximate surface area is 178 Å². The van der Waals surface area contributed by atoms with Crippen LogP contribution in [-0.4, -0.2) is 39.3 Å². The highest BCUT2D eigenvalue weighted by molar-refractivity contribution is 7.99. The Morgan fingerprint density at radius 1 is 1.10 bits per heavy atom. The van der Waals surface area contributed by atoms with Gasteiger partial charge in [-0.05, 0) is 43.3 Å². The van der Waals surface area contributed by atoms with Gasteiger partial charge >= 0.3 is 0 Å². The molecule has 0 saturated heterocycles. The minimum Gasteiger partial charge on any atom is -0.497 e. The molecule has 0 radical (unpaired) electrons. The van der Waals surface area contributed by atoms with Crippen molar-refractivity contribution in [1.82, 2.24) is 14.8 Å². The van der Waals surface area contributed by atoms with Crippen LogP contribution in [0.5, 0.6) is 11.5 Å². The van der Waals surface area contributed by atoms with Crippen molar-refractivity contribution >= 4 is 29.1 Å². The number of aromatic nitrogens is 3. The van der Waals surface area contributed by atoms with Crippen molar-refractivity contribution in [2.45, 2.75) is 18.7 Å². The van der Waals surface area contributed by atoms with Gasteiger partial charge in [0, 0.05) is 24.4 Å². The number of rotatable bonds is 9. The Hall–Kier alpha value is -3.33. The molecule has 3 rings (SSSR count). The predicted octanol–water partition coefficient (Wildman–Crippen LogP) is 3.34. The Balaban J connectivity index is 1.51. The monoisotopic (exact) mass is 426 g/mol. The maximum Gasteiger partial charge on any atom is 0.234 e. The first-order valence-corrected chi connectivity index (χ1v) is 10.1. The largest absolute Gasteiger partial charge is 0.497 e. The summed E-state index contributed by atoms with van der Waals surface area (Å²) in [5.74, 6) is 2.01. The van der Waals surface area contributed by atoms with Crippen molar-refractivity contribution in [2.24, 2.45) is 7.05 Å². The van der Waals surface area contributed by atoms with E-state index in [1.807, 2.05) is 25.2 Å². The summed E-state index contributed by atoms with van der Waals surface area (Å²) in [6.45, 7) is 1.74. The first-order valence-electron chi connectivity index (χ1n) is 9.15. The zero-order valence-corrected chi connectivity index (χ0v) is 17.7. The smallest absolute Gasteiger partial charge is 0.234 e. The molecule has 1 amide bonds. The van der Waals surface area contributed by atoms with Crippen LogP contribution in [0.1, 0.15) is 23.1 Å². The van der Waals surface area contributed by atoms with Crippen LogP contribution in [0, 0.1) is 0 Å². The third-order valence-electron chi connectivity index (χ3n) is 4.24. The molecule has 3 aromatic rings. The molecule has 0 aliphatic rings. The van der Waals surface area contributed by atoms with Crippen molar-refractivity contribution in [3.8, 4) is 11.5 Å². The van der Waals surface area contributed by atoms with E-state index in [2.05, 4.69) is 15.5 Å². The van der Waals surface area contributed by atoms with Crippen LogP contribution >= 0.6 is 11.8 Å². The van der Waals surface area contributed by atoms with Crippen molar-refractivity contribution in [1.29, 1.82) is 0 Å². The van der Waals surface area contributed by atoms with Crippen LogP contribution < -0.4 is 14.8 Å². The minimum absolute atomic E-state index is 0.0168. The highest BCUT2D eigenvalue weighted by atomic mass is 32.2. The Kier molecular flexibility index (Phi) is 7.08. The van der Waals surface area contributed by atoms with Gasteiger partial charge in [-0.15, -0.1) is 10.2 Å². The number of nitrogens with one attached hydrogen (secondary N) is 1. The van der Waals surface area contributed by atoms with Crippen molar-refractivity contribution in [2.75, 3.05) is 18.2 Å². The molecule has 9 heteroatoms. The molecule has 0 aliphatic heterocycles. The zero-order chi connectivity index (χ0) is 21.5. The van der Waals surface area contributed by atoms with Crippen LogP contribution in [-0.2, 0) is 18.4 Å². The lowest BCUT2D eigenvalue weighted by molar-refractivity contribution is -0.113. The second-order valence-electron chi connectivity index (χ2n) is 6.40. The van der Waals surface area contributed by atoms with Gasteiger partial charge in [-0.3, -0.25) is 9.59 Å². The van der Waals surface area contributed by atoms with Gasteiger partial charge in [0.2, 0.25) is 5.91 Å². The number of hydrogen-bond donors (Lipinski definition) is 1. The van der Waals surface area contributed by atoms with E-state index in [1.165, 1.54) is 18.7 Å². The molecule has 0 fully saturated rings. The topological polar surface area (TPSA) is 95.3 Å². The van der Waals surface area contributed by atoms with E-state index in [-0.39, 0.29) is 24.1 Å². The van der Waals surface area contributed by atoms with E-state index < -0.39 is 0 Å². The van der Waals surface area contributed by atoms with Crippen LogP contribution in [0.4, 0.5) is 5.69 Å². The van der Waals surface area contributed by atoms with Gasteiger partial charge in [0.05, 0.1) is 12.9 Å². The molecule has 0 atom stereocenters. The van der Waals surface area contributed by atoms with Gasteiger partial charge in [-0.25, -0.2) is 0 Å². The highest BCUT2D eigenvalue weighted by Gasteiger charge is 2.12. The fourth-order valence-electron chi connectivity index (χ4n) is 2.55. The molecular formula is C21H22N4O4S. The number of ketones is 1. The number of thioether (sulfide) groups is 1. The fraction of sp³-hybridized carbons (Fsp3) is 0.238. The van der Waals surface area contributed by atoms with Gasteiger partial charge < -0.3 is 19.4 Å². The van der Waals surface area contributed by atoms with Crippen LogP contribution in [0.15, 0.2) is 53.7 Å². The number of anilines is 1. The third-order valence-corrected chi connectivity index (χ3v) is 5.26. The summed E-state index contributed by atoms with van der Waals surface area (Å²) in [6, 6.07) is 14.1. The SMILES string of the molecule is COc1cccc(OCc2nnc(SCC(=O)Nc3ccc(C(C)=O)cc3)n2C)c1. The lowest BCUT2D eigenvalue weighted by Gasteiger charge is -2.08. The maximum absolute atomic E-state index is 12.2. The summed E-state index contributed by atoms with van der Waals surface area (Å²) in [6.07, 6.45) is 0. The summed E-state index contributed by atoms with van der Waals surface area (Å²) in [5.41, 5.74) is 1.24. The minimum atomic E-state index is -0.173. The molecule has 2 aromatic carbocycles. The molecular weight excluding hydrogens is 404 g/mol. The average molecular weight is 426 g/mol. The van der Waals surface area contributed by atoms with Gasteiger partial charge in [-0.1, -0.05) is 17.8 Å². The standard InChI is InChI=1S/C21H22N4O4S/c1-14(26)15-7-9-16(10-8-15)22-20(27)13-30-21-24-23-19(25(21)2)12-29-18-6-4-5-17(11-18)28-3/h4-11H,12-13H2,1-3H3,(H,22,27). The number of Topliss-reactive ketones (excluding diaryl/α,β-unsaturated/α-hetero) is 1. The molecule has 8 nitrogen and oxygen atoms in total. The van der Waals surface area contributed by atoms with E-state index in [0.29, 0.717) is 33.7 Å². The number of carbonyl (C=O) groups excluding carboxylic acids is 2. The number of nitrogens with zero attached hydrogens (tertiary/aromatic N) is 3. The first kappa shape index (κ1) is 21.4. The van der Waals surface area contributed by atoms with E-state index in [0.717, 1.165) is 0 Å². The van der Waals surface area contributed by atoms with Crippen molar-refractivity contribution in [3.63, 3.8) is 0 Å². The normalized spacial score (nSPS) is 10.5. The summed E-state index contributed by atoms with van der Waals surface area (Å²) in [4.78, 5) is 23.5. The zero-order valence-electron chi connectivity index (χ0n) is 16.9. The highest BCUT2D eigenvalue weighted by Crippen LogP contribution is 2.21. The summed E-state index contributed by atoms with van der Waals surface area (Å²) >= 11 is 1.28. The van der Waals surface area contributed by atoms with Gasteiger partial charge in [0.25, 0.3) is 0 Å². The quantitative estimate of drug-likeness (QED) is 0.414. The summed E-state index contributed by atoms with van der Waals surface area (Å²) in [5, 5.41) is 11.7. The molecule has 156 valence electrons. The Bertz CT molecular complexity index is 1030. The molecule has 1 heterocycles. The molecule has 1 aromatic heterocycles. The molecule has 0 spiro atoms. The third kappa shape index (κ3) is 5.60. The first-order chi connectivity index (χ1) is 14.5. The molecule has 0 aliphatic carbocycles. The number of hydrogen-bond acceptors (Lipinski definition) is 7. The number of amides is 1. The molecule has 0 bridgehead atoms. The van der Waals surface area contributed by atoms with Crippen molar-refractivity contribution < 1.29 is 19.1 Å². The molecule has 0 unspecified atom stereocenters. The lowest BCUT2D eigenvalue weighted by atomic mass is 10.1. The summed E-state index contributed by atoms with van der Waals surface area (Å²) < 4.78 is 12.7. The predicted molar refractivity (Wildman–Crippen MR) is 114 cm³/mol. The van der Waals surface area contributed by atoms with E-state index in [4.69, 9.17) is 9.47 Å². The number of ether oxygens (including phenoxy) is 2.